The van der Waals surface area contributed by atoms with Gasteiger partial charge in [0, 0.05) is 18.7 Å². The Bertz CT molecular complexity index is 529. The van der Waals surface area contributed by atoms with Crippen molar-refractivity contribution in [1.82, 2.24) is 0 Å². The molecule has 0 saturated carbocycles. The van der Waals surface area contributed by atoms with Crippen LogP contribution in [0.2, 0.25) is 0 Å². The second-order valence-electron chi connectivity index (χ2n) is 3.44. The van der Waals surface area contributed by atoms with Gasteiger partial charge in [0.25, 0.3) is 0 Å². The monoisotopic (exact) mass is 372 g/mol. The molecule has 2 aromatic carbocycles. The van der Waals surface area contributed by atoms with Gasteiger partial charge in [-0.25, -0.2) is 0 Å². The van der Waals surface area contributed by atoms with Crippen LogP contribution in [0.4, 0.5) is 0 Å². The lowest BCUT2D eigenvalue weighted by Gasteiger charge is -2.06. The van der Waals surface area contributed by atoms with E-state index >= 15 is 0 Å². The molecule has 0 unspecified atom stereocenters. The molecule has 0 aliphatic rings. The highest BCUT2D eigenvalue weighted by atomic mass is 79.9. The van der Waals surface area contributed by atoms with E-state index in [1.165, 1.54) is 4.90 Å². The van der Waals surface area contributed by atoms with Crippen molar-refractivity contribution in [2.75, 3.05) is 0 Å². The van der Waals surface area contributed by atoms with Crippen LogP contribution in [0.25, 0.3) is 0 Å². The van der Waals surface area contributed by atoms with Crippen molar-refractivity contribution in [3.63, 3.8) is 0 Å². The van der Waals surface area contributed by atoms with E-state index in [4.69, 9.17) is 5.11 Å². The van der Waals surface area contributed by atoms with Gasteiger partial charge < -0.3 is 5.11 Å². The van der Waals surface area contributed by atoms with E-state index in [1.807, 2.05) is 36.4 Å². The number of hydrogen-bond acceptors (Lipinski definition) is 2. The van der Waals surface area contributed by atoms with Crippen molar-refractivity contribution >= 4 is 43.6 Å². The maximum absolute atomic E-state index is 9.10. The van der Waals surface area contributed by atoms with Crippen LogP contribution in [0.15, 0.2) is 61.2 Å². The zero-order valence-corrected chi connectivity index (χ0v) is 12.8. The summed E-state index contributed by atoms with van der Waals surface area (Å²) < 4.78 is 2.03. The largest absolute Gasteiger partial charge is 0.392 e. The van der Waals surface area contributed by atoms with Crippen LogP contribution in [-0.4, -0.2) is 5.11 Å². The Morgan fingerprint density at radius 3 is 2.41 bits per heavy atom. The fourth-order valence-electron chi connectivity index (χ4n) is 1.37. The molecule has 0 amide bonds. The van der Waals surface area contributed by atoms with Crippen LogP contribution in [0.3, 0.4) is 0 Å². The molecule has 0 aliphatic heterocycles. The summed E-state index contributed by atoms with van der Waals surface area (Å²) in [5.74, 6) is 0. The molecule has 0 atom stereocenters. The van der Waals surface area contributed by atoms with Crippen molar-refractivity contribution < 1.29 is 5.11 Å². The van der Waals surface area contributed by atoms with Gasteiger partial charge in [-0.3, -0.25) is 0 Å². The summed E-state index contributed by atoms with van der Waals surface area (Å²) in [6.07, 6.45) is 0. The second kappa shape index (κ2) is 6.05. The summed E-state index contributed by atoms with van der Waals surface area (Å²) in [6, 6.07) is 14.1. The number of halogens is 2. The predicted octanol–water partition coefficient (Wildman–Crippen LogP) is 4.86. The normalized spacial score (nSPS) is 10.5. The predicted molar refractivity (Wildman–Crippen MR) is 78.3 cm³/mol. The van der Waals surface area contributed by atoms with Crippen LogP contribution < -0.4 is 0 Å². The van der Waals surface area contributed by atoms with Crippen LogP contribution in [0.5, 0.6) is 0 Å². The van der Waals surface area contributed by atoms with Crippen LogP contribution in [-0.2, 0) is 6.61 Å². The summed E-state index contributed by atoms with van der Waals surface area (Å²) >= 11 is 8.67. The average molecular weight is 374 g/mol. The van der Waals surface area contributed by atoms with E-state index in [-0.39, 0.29) is 6.61 Å². The Labute approximate surface area is 122 Å². The highest BCUT2D eigenvalue weighted by molar-refractivity contribution is 9.10. The highest BCUT2D eigenvalue weighted by Crippen LogP contribution is 2.35. The summed E-state index contributed by atoms with van der Waals surface area (Å²) in [7, 11) is 0. The van der Waals surface area contributed by atoms with Crippen molar-refractivity contribution in [2.24, 2.45) is 0 Å². The van der Waals surface area contributed by atoms with E-state index in [1.54, 1.807) is 11.8 Å². The smallest absolute Gasteiger partial charge is 0.0692 e. The minimum absolute atomic E-state index is 0.0561. The zero-order valence-electron chi connectivity index (χ0n) is 8.86. The lowest BCUT2D eigenvalue weighted by atomic mass is 10.2. The molecule has 17 heavy (non-hydrogen) atoms. The van der Waals surface area contributed by atoms with Crippen molar-refractivity contribution in [3.05, 3.63) is 57.0 Å². The standard InChI is InChI=1S/C13H10Br2OS/c14-11-3-1-2-4-13(11)17-10-6-5-9(8-16)12(15)7-10/h1-7,16H,8H2. The number of aliphatic hydroxyl groups excluding tert-OH is 1. The average Bonchev–Trinajstić information content (AvgIpc) is 2.32. The van der Waals surface area contributed by atoms with E-state index in [2.05, 4.69) is 37.9 Å². The quantitative estimate of drug-likeness (QED) is 0.829. The Hall–Kier alpha value is -0.290. The minimum Gasteiger partial charge on any atom is -0.392 e. The third kappa shape index (κ3) is 3.35. The molecule has 2 rings (SSSR count). The first-order chi connectivity index (χ1) is 8.20. The molecule has 1 nitrogen and oxygen atoms in total. The van der Waals surface area contributed by atoms with E-state index < -0.39 is 0 Å². The summed E-state index contributed by atoms with van der Waals surface area (Å²) in [5, 5.41) is 9.10. The molecule has 0 aromatic heterocycles. The second-order valence-corrected chi connectivity index (χ2v) is 6.27. The van der Waals surface area contributed by atoms with Crippen LogP contribution >= 0.6 is 43.6 Å². The Kier molecular flexibility index (Phi) is 4.68. The number of hydrogen-bond donors (Lipinski definition) is 1. The molecule has 4 heteroatoms. The molecule has 0 bridgehead atoms. The van der Waals surface area contributed by atoms with Gasteiger partial charge in [-0.15, -0.1) is 0 Å². The maximum atomic E-state index is 9.10. The summed E-state index contributed by atoms with van der Waals surface area (Å²) in [6.45, 7) is 0.0561. The molecule has 0 radical (unpaired) electrons. The van der Waals surface area contributed by atoms with Gasteiger partial charge in [-0.2, -0.15) is 0 Å². The zero-order chi connectivity index (χ0) is 12.3. The van der Waals surface area contributed by atoms with Crippen LogP contribution in [0, 0.1) is 0 Å². The minimum atomic E-state index is 0.0561. The fourth-order valence-corrected chi connectivity index (χ4v) is 3.44. The molecular formula is C13H10Br2OS. The first-order valence-electron chi connectivity index (χ1n) is 5.02. The fraction of sp³-hybridized carbons (Fsp3) is 0.0769. The Morgan fingerprint density at radius 1 is 1.00 bits per heavy atom. The molecule has 0 spiro atoms. The van der Waals surface area contributed by atoms with Gasteiger partial charge in [-0.1, -0.05) is 45.9 Å². The topological polar surface area (TPSA) is 20.2 Å². The SMILES string of the molecule is OCc1ccc(Sc2ccccc2Br)cc1Br. The molecule has 2 aromatic rings. The van der Waals surface area contributed by atoms with Gasteiger partial charge in [-0.05, 0) is 45.8 Å². The maximum Gasteiger partial charge on any atom is 0.0692 e. The first-order valence-corrected chi connectivity index (χ1v) is 7.42. The molecule has 0 fully saturated rings. The van der Waals surface area contributed by atoms with Crippen LogP contribution in [0.1, 0.15) is 5.56 Å². The Balaban J connectivity index is 2.25. The summed E-state index contributed by atoms with van der Waals surface area (Å²) in [5.41, 5.74) is 0.904. The number of benzene rings is 2. The number of aliphatic hydroxyl groups is 1. The first kappa shape index (κ1) is 13.1. The third-order valence-corrected chi connectivity index (χ3v) is 5.02. The van der Waals surface area contributed by atoms with E-state index in [0.29, 0.717) is 0 Å². The molecule has 0 heterocycles. The lowest BCUT2D eigenvalue weighted by Crippen LogP contribution is -1.85. The van der Waals surface area contributed by atoms with E-state index in [9.17, 15) is 0 Å². The summed E-state index contributed by atoms with van der Waals surface area (Å²) in [4.78, 5) is 2.32. The van der Waals surface area contributed by atoms with Crippen molar-refractivity contribution in [2.45, 2.75) is 16.4 Å². The molecule has 0 aliphatic carbocycles. The van der Waals surface area contributed by atoms with Gasteiger partial charge in [0.2, 0.25) is 0 Å². The van der Waals surface area contributed by atoms with Gasteiger partial charge in [0.05, 0.1) is 6.61 Å². The Morgan fingerprint density at radius 2 is 1.76 bits per heavy atom. The van der Waals surface area contributed by atoms with Crippen molar-refractivity contribution in [3.8, 4) is 0 Å². The van der Waals surface area contributed by atoms with E-state index in [0.717, 1.165) is 19.4 Å². The third-order valence-electron chi connectivity index (χ3n) is 2.26. The molecule has 88 valence electrons. The van der Waals surface area contributed by atoms with Gasteiger partial charge >= 0.3 is 0 Å². The molecule has 1 N–H and O–H groups in total. The lowest BCUT2D eigenvalue weighted by molar-refractivity contribution is 0.281. The van der Waals surface area contributed by atoms with Gasteiger partial charge in [0.15, 0.2) is 0 Å². The molecule has 0 saturated heterocycles. The van der Waals surface area contributed by atoms with Crippen molar-refractivity contribution in [1.29, 1.82) is 0 Å². The number of rotatable bonds is 3. The highest BCUT2D eigenvalue weighted by Gasteiger charge is 2.04. The van der Waals surface area contributed by atoms with Gasteiger partial charge in [0.1, 0.15) is 0 Å². The molecular weight excluding hydrogens is 364 g/mol.